The van der Waals surface area contributed by atoms with E-state index in [4.69, 9.17) is 22.5 Å². The summed E-state index contributed by atoms with van der Waals surface area (Å²) in [5.74, 6) is -0.882. The largest absolute Gasteiger partial charge is 0.326 e. The highest BCUT2D eigenvalue weighted by Gasteiger charge is 2.39. The number of nitrogens with one attached hydrogen (secondary N) is 4. The van der Waals surface area contributed by atoms with Crippen LogP contribution in [-0.4, -0.2) is 45.8 Å². The molecule has 2 unspecified atom stereocenters. The lowest BCUT2D eigenvalue weighted by Crippen LogP contribution is -2.54. The second-order valence-corrected chi connectivity index (χ2v) is 9.82. The number of H-pyrrole nitrogens is 1. The van der Waals surface area contributed by atoms with Crippen LogP contribution in [0.4, 0.5) is 11.4 Å². The zero-order chi connectivity index (χ0) is 29.4. The Balaban J connectivity index is 1.68. The first-order chi connectivity index (χ1) is 19.9. The number of allylic oxidation sites excluding steroid dienone is 4. The number of piperidine rings is 1. The zero-order valence-corrected chi connectivity index (χ0v) is 23.3. The number of nitrogens with zero attached hydrogens (tertiary/aromatic N) is 4. The minimum atomic E-state index is -0.776. The minimum Gasteiger partial charge on any atom is -0.326 e. The van der Waals surface area contributed by atoms with E-state index in [1.807, 2.05) is 37.3 Å². The van der Waals surface area contributed by atoms with E-state index in [2.05, 4.69) is 27.3 Å². The third kappa shape index (κ3) is 6.67. The summed E-state index contributed by atoms with van der Waals surface area (Å²) >= 11 is 6.19. The molecule has 3 aromatic rings. The van der Waals surface area contributed by atoms with Crippen molar-refractivity contribution in [3.8, 4) is 0 Å². The summed E-state index contributed by atoms with van der Waals surface area (Å²) in [4.78, 5) is 29.2. The van der Waals surface area contributed by atoms with Gasteiger partial charge in [-0.3, -0.25) is 20.1 Å². The molecule has 41 heavy (non-hydrogen) atoms. The minimum absolute atomic E-state index is 0.239. The van der Waals surface area contributed by atoms with Crippen LogP contribution in [0, 0.1) is 16.9 Å². The maximum Gasteiger partial charge on any atom is 0.247 e. The van der Waals surface area contributed by atoms with Gasteiger partial charge in [0.15, 0.2) is 0 Å². The summed E-state index contributed by atoms with van der Waals surface area (Å²) in [7, 11) is 0. The van der Waals surface area contributed by atoms with Gasteiger partial charge in [0.25, 0.3) is 0 Å². The van der Waals surface area contributed by atoms with Crippen molar-refractivity contribution in [1.82, 2.24) is 15.1 Å². The number of halogens is 1. The van der Waals surface area contributed by atoms with E-state index in [1.54, 1.807) is 47.5 Å². The number of hydrogen-bond acceptors (Lipinski definition) is 6. The molecule has 210 valence electrons. The van der Waals surface area contributed by atoms with Gasteiger partial charge in [0, 0.05) is 40.2 Å². The molecule has 10 nitrogen and oxygen atoms in total. The second kappa shape index (κ2) is 13.5. The van der Waals surface area contributed by atoms with Gasteiger partial charge in [-0.25, -0.2) is 5.01 Å². The maximum atomic E-state index is 13.9. The van der Waals surface area contributed by atoms with Crippen LogP contribution in [0.15, 0.2) is 90.4 Å². The smallest absolute Gasteiger partial charge is 0.247 e. The van der Waals surface area contributed by atoms with Crippen molar-refractivity contribution >= 4 is 58.1 Å². The summed E-state index contributed by atoms with van der Waals surface area (Å²) in [5, 5.41) is 23.2. The van der Waals surface area contributed by atoms with E-state index in [0.29, 0.717) is 28.5 Å². The van der Waals surface area contributed by atoms with Crippen molar-refractivity contribution in [2.75, 3.05) is 16.9 Å². The van der Waals surface area contributed by atoms with Gasteiger partial charge in [-0.2, -0.15) is 10.6 Å². The molecule has 2 amide bonds. The summed E-state index contributed by atoms with van der Waals surface area (Å²) in [6.45, 7) is 6.07. The predicted octanol–water partition coefficient (Wildman–Crippen LogP) is 6.52. The van der Waals surface area contributed by atoms with Gasteiger partial charge in [0.2, 0.25) is 11.8 Å². The SMILES string of the molecule is C=C/C=C\C(=C/C)C1CCCN(C(=O)/C=C/c2cc(Cl)ccc2N(C=N)N=N)C1C(=O)Nc1ccc2[nH]ncc2c1. The van der Waals surface area contributed by atoms with Crippen LogP contribution in [0.3, 0.4) is 0 Å². The van der Waals surface area contributed by atoms with Gasteiger partial charge in [-0.05, 0) is 67.8 Å². The van der Waals surface area contributed by atoms with E-state index in [0.717, 1.165) is 40.7 Å². The average Bonchev–Trinajstić information content (AvgIpc) is 3.45. The molecule has 2 heterocycles. The monoisotopic (exact) mass is 570 g/mol. The Bertz CT molecular complexity index is 1550. The van der Waals surface area contributed by atoms with Crippen molar-refractivity contribution in [1.29, 1.82) is 10.9 Å². The van der Waals surface area contributed by atoms with Gasteiger partial charge in [0.1, 0.15) is 12.4 Å². The summed E-state index contributed by atoms with van der Waals surface area (Å²) in [6, 6.07) is 9.55. The fraction of sp³-hybridized carbons (Fsp3) is 0.200. The quantitative estimate of drug-likeness (QED) is 0.0549. The predicted molar refractivity (Wildman–Crippen MR) is 163 cm³/mol. The highest BCUT2D eigenvalue weighted by Crippen LogP contribution is 2.33. The first kappa shape index (κ1) is 29.2. The van der Waals surface area contributed by atoms with Crippen molar-refractivity contribution in [2.45, 2.75) is 25.8 Å². The van der Waals surface area contributed by atoms with E-state index in [-0.39, 0.29) is 17.7 Å². The fourth-order valence-corrected chi connectivity index (χ4v) is 5.22. The molecule has 1 fully saturated rings. The van der Waals surface area contributed by atoms with Gasteiger partial charge in [-0.15, -0.1) is 0 Å². The Labute approximate surface area is 243 Å². The average molecular weight is 571 g/mol. The third-order valence-electron chi connectivity index (χ3n) is 6.95. The lowest BCUT2D eigenvalue weighted by Gasteiger charge is -2.40. The molecule has 1 saturated heterocycles. The number of aromatic nitrogens is 2. The first-order valence-electron chi connectivity index (χ1n) is 13.0. The van der Waals surface area contributed by atoms with Gasteiger partial charge < -0.3 is 10.2 Å². The molecule has 1 aliphatic rings. The number of amides is 2. The molecular formula is C30H31ClN8O2. The lowest BCUT2D eigenvalue weighted by molar-refractivity contribution is -0.138. The van der Waals surface area contributed by atoms with E-state index < -0.39 is 6.04 Å². The maximum absolute atomic E-state index is 13.9. The molecule has 0 spiro atoms. The Morgan fingerprint density at radius 2 is 2.10 bits per heavy atom. The normalized spacial score (nSPS) is 17.6. The van der Waals surface area contributed by atoms with Gasteiger partial charge in [0.05, 0.1) is 17.4 Å². The van der Waals surface area contributed by atoms with Crippen molar-refractivity contribution < 1.29 is 9.59 Å². The van der Waals surface area contributed by atoms with Crippen LogP contribution in [0.2, 0.25) is 5.02 Å². The Hall–Kier alpha value is -4.83. The van der Waals surface area contributed by atoms with Crippen molar-refractivity contribution in [2.24, 2.45) is 11.1 Å². The lowest BCUT2D eigenvalue weighted by atomic mass is 9.82. The zero-order valence-electron chi connectivity index (χ0n) is 22.5. The van der Waals surface area contributed by atoms with E-state index in [9.17, 15) is 9.59 Å². The molecule has 0 bridgehead atoms. The highest BCUT2D eigenvalue weighted by atomic mass is 35.5. The molecule has 1 aromatic heterocycles. The van der Waals surface area contributed by atoms with Crippen molar-refractivity contribution in [3.63, 3.8) is 0 Å². The van der Waals surface area contributed by atoms with Crippen LogP contribution in [0.5, 0.6) is 0 Å². The molecule has 0 aliphatic carbocycles. The Morgan fingerprint density at radius 1 is 1.27 bits per heavy atom. The van der Waals surface area contributed by atoms with Crippen LogP contribution in [0.25, 0.3) is 17.0 Å². The number of aromatic amines is 1. The molecule has 2 aromatic carbocycles. The number of anilines is 2. The number of hydrogen-bond donors (Lipinski definition) is 4. The second-order valence-electron chi connectivity index (χ2n) is 9.38. The van der Waals surface area contributed by atoms with Crippen LogP contribution >= 0.6 is 11.6 Å². The molecule has 4 rings (SSSR count). The number of rotatable bonds is 10. The molecular weight excluding hydrogens is 540 g/mol. The molecule has 11 heteroatoms. The first-order valence-corrected chi connectivity index (χ1v) is 13.4. The van der Waals surface area contributed by atoms with Crippen LogP contribution in [-0.2, 0) is 9.59 Å². The molecule has 0 saturated carbocycles. The Kier molecular flexibility index (Phi) is 9.60. The van der Waals surface area contributed by atoms with Crippen LogP contribution < -0.4 is 10.3 Å². The Morgan fingerprint density at radius 3 is 2.83 bits per heavy atom. The molecule has 1 aliphatic heterocycles. The summed E-state index contributed by atoms with van der Waals surface area (Å²) in [5.41, 5.74) is 10.7. The number of carbonyl (C=O) groups is 2. The van der Waals surface area contributed by atoms with E-state index in [1.165, 1.54) is 6.08 Å². The standard InChI is InChI=1S/C30H31ClN8O2/c1-3-5-7-20(4-2)25-8-6-15-38(29(25)30(41)35-24-11-12-26-22(17-24)18-34-36-26)28(40)14-9-21-16-23(31)10-13-27(21)39(19-32)37-33/h3-5,7,9-14,16-19,25,29,32-33H,1,6,8,15H2,2H3,(H,34,36)(H,35,41)/b7-5-,14-9+,20-4+,32-19?,37-33?. The fourth-order valence-electron chi connectivity index (χ4n) is 5.04. The molecule has 4 N–H and O–H groups in total. The number of likely N-dealkylation sites (tertiary alicyclic amines) is 1. The third-order valence-corrected chi connectivity index (χ3v) is 7.18. The topological polar surface area (TPSA) is 141 Å². The molecule has 0 radical (unpaired) electrons. The van der Waals surface area contributed by atoms with Crippen molar-refractivity contribution in [3.05, 3.63) is 95.7 Å². The molecule has 2 atom stereocenters. The summed E-state index contributed by atoms with van der Waals surface area (Å²) in [6.07, 6.45) is 14.4. The van der Waals surface area contributed by atoms with Gasteiger partial charge in [-0.1, -0.05) is 47.7 Å². The summed E-state index contributed by atoms with van der Waals surface area (Å²) < 4.78 is 0. The van der Waals surface area contributed by atoms with Gasteiger partial charge >= 0.3 is 0 Å². The van der Waals surface area contributed by atoms with E-state index >= 15 is 0 Å². The highest BCUT2D eigenvalue weighted by molar-refractivity contribution is 6.30. The number of benzene rings is 2. The van der Waals surface area contributed by atoms with Crippen LogP contribution in [0.1, 0.15) is 25.3 Å². The number of carbonyl (C=O) groups excluding carboxylic acids is 2. The number of fused-ring (bicyclic) bond motifs is 1.